The van der Waals surface area contributed by atoms with Crippen LogP contribution in [0.3, 0.4) is 0 Å². The fourth-order valence-corrected chi connectivity index (χ4v) is 1.77. The first-order valence-electron chi connectivity index (χ1n) is 5.91. The Balaban J connectivity index is 0.000000117. The lowest BCUT2D eigenvalue weighted by Gasteiger charge is -1.87. The van der Waals surface area contributed by atoms with Crippen LogP contribution in [0.25, 0.3) is 22.2 Å². The Kier molecular flexibility index (Phi) is 2.98. The number of hydrogen-bond acceptors (Lipinski definition) is 4. The van der Waals surface area contributed by atoms with Crippen LogP contribution < -0.4 is 0 Å². The maximum Gasteiger partial charge on any atom is 0.181 e. The molecule has 0 saturated carbocycles. The van der Waals surface area contributed by atoms with E-state index in [0.717, 1.165) is 22.2 Å². The van der Waals surface area contributed by atoms with Gasteiger partial charge in [-0.2, -0.15) is 0 Å². The van der Waals surface area contributed by atoms with Crippen LogP contribution >= 0.6 is 0 Å². The van der Waals surface area contributed by atoms with E-state index >= 15 is 0 Å². The Bertz CT molecular complexity index is 772. The van der Waals surface area contributed by atoms with Gasteiger partial charge in [-0.15, -0.1) is 0 Å². The molecule has 0 radical (unpaired) electrons. The lowest BCUT2D eigenvalue weighted by Crippen LogP contribution is -1.70. The van der Waals surface area contributed by atoms with Crippen molar-refractivity contribution in [1.82, 2.24) is 9.97 Å². The number of hydrogen-bond donors (Lipinski definition) is 0. The molecule has 4 nitrogen and oxygen atoms in total. The highest BCUT2D eigenvalue weighted by Gasteiger charge is 1.95. The Morgan fingerprint density at radius 1 is 0.789 bits per heavy atom. The molecule has 0 aliphatic carbocycles. The zero-order chi connectivity index (χ0) is 13.1. The summed E-state index contributed by atoms with van der Waals surface area (Å²) < 4.78 is 10.1. The quantitative estimate of drug-likeness (QED) is 0.475. The van der Waals surface area contributed by atoms with Gasteiger partial charge < -0.3 is 8.83 Å². The zero-order valence-corrected chi connectivity index (χ0v) is 10.4. The Labute approximate surface area is 109 Å². The van der Waals surface area contributed by atoms with Crippen molar-refractivity contribution in [3.63, 3.8) is 0 Å². The highest BCUT2D eigenvalue weighted by molar-refractivity contribution is 5.72. The van der Waals surface area contributed by atoms with Crippen LogP contribution in [0.4, 0.5) is 0 Å². The number of para-hydroxylation sites is 2. The van der Waals surface area contributed by atoms with Gasteiger partial charge in [0.25, 0.3) is 0 Å². The maximum atomic E-state index is 5.06. The van der Waals surface area contributed by atoms with Gasteiger partial charge in [0, 0.05) is 0 Å². The van der Waals surface area contributed by atoms with Crippen molar-refractivity contribution in [2.75, 3.05) is 0 Å². The SMILES string of the molecule is Cc1ccc2ocnc2c1.c1ccc2ocnc2c1. The van der Waals surface area contributed by atoms with E-state index in [-0.39, 0.29) is 0 Å². The largest absolute Gasteiger partial charge is 0.443 e. The lowest BCUT2D eigenvalue weighted by molar-refractivity contribution is 0.602. The van der Waals surface area contributed by atoms with E-state index in [1.807, 2.05) is 49.4 Å². The summed E-state index contributed by atoms with van der Waals surface area (Å²) in [5.74, 6) is 0. The molecule has 0 bridgehead atoms. The van der Waals surface area contributed by atoms with Gasteiger partial charge in [-0.05, 0) is 36.8 Å². The van der Waals surface area contributed by atoms with Crippen LogP contribution in [0.15, 0.2) is 64.1 Å². The van der Waals surface area contributed by atoms with Crippen LogP contribution in [-0.4, -0.2) is 9.97 Å². The second-order valence-electron chi connectivity index (χ2n) is 4.14. The van der Waals surface area contributed by atoms with Crippen LogP contribution in [0.5, 0.6) is 0 Å². The summed E-state index contributed by atoms with van der Waals surface area (Å²) in [7, 11) is 0. The van der Waals surface area contributed by atoms with Crippen LogP contribution in [0.2, 0.25) is 0 Å². The molecule has 19 heavy (non-hydrogen) atoms. The molecule has 0 unspecified atom stereocenters. The Hall–Kier alpha value is -2.62. The van der Waals surface area contributed by atoms with Gasteiger partial charge in [0.1, 0.15) is 11.0 Å². The molecule has 2 aromatic heterocycles. The molecule has 0 saturated heterocycles. The molecule has 0 atom stereocenters. The third-order valence-corrected chi connectivity index (χ3v) is 2.72. The first-order chi connectivity index (χ1) is 9.33. The van der Waals surface area contributed by atoms with Crippen molar-refractivity contribution in [2.45, 2.75) is 6.92 Å². The number of aryl methyl sites for hydroxylation is 1. The van der Waals surface area contributed by atoms with Gasteiger partial charge in [-0.25, -0.2) is 9.97 Å². The van der Waals surface area contributed by atoms with Gasteiger partial charge in [0.2, 0.25) is 0 Å². The smallest absolute Gasteiger partial charge is 0.181 e. The van der Waals surface area contributed by atoms with Gasteiger partial charge in [0.15, 0.2) is 24.0 Å². The van der Waals surface area contributed by atoms with E-state index in [1.165, 1.54) is 18.4 Å². The zero-order valence-electron chi connectivity index (χ0n) is 10.4. The predicted molar refractivity (Wildman–Crippen MR) is 72.8 cm³/mol. The van der Waals surface area contributed by atoms with E-state index in [2.05, 4.69) is 9.97 Å². The van der Waals surface area contributed by atoms with E-state index in [1.54, 1.807) is 0 Å². The van der Waals surface area contributed by atoms with Crippen molar-refractivity contribution in [3.8, 4) is 0 Å². The number of oxazole rings is 2. The van der Waals surface area contributed by atoms with Crippen LogP contribution in [-0.2, 0) is 0 Å². The monoisotopic (exact) mass is 252 g/mol. The number of benzene rings is 2. The summed E-state index contributed by atoms with van der Waals surface area (Å²) in [6.45, 7) is 2.04. The molecule has 94 valence electrons. The average molecular weight is 252 g/mol. The summed E-state index contributed by atoms with van der Waals surface area (Å²) in [5, 5.41) is 0. The summed E-state index contributed by atoms with van der Waals surface area (Å²) in [6.07, 6.45) is 2.91. The molecule has 4 heteroatoms. The summed E-state index contributed by atoms with van der Waals surface area (Å²) in [6, 6.07) is 13.6. The molecule has 0 N–H and O–H groups in total. The minimum absolute atomic E-state index is 0.845. The highest BCUT2D eigenvalue weighted by atomic mass is 16.3. The van der Waals surface area contributed by atoms with E-state index < -0.39 is 0 Å². The van der Waals surface area contributed by atoms with Crippen molar-refractivity contribution in [2.24, 2.45) is 0 Å². The molecule has 0 aliphatic rings. The second kappa shape index (κ2) is 4.94. The van der Waals surface area contributed by atoms with Crippen molar-refractivity contribution in [1.29, 1.82) is 0 Å². The number of fused-ring (bicyclic) bond motifs is 2. The van der Waals surface area contributed by atoms with Gasteiger partial charge >= 0.3 is 0 Å². The lowest BCUT2D eigenvalue weighted by atomic mass is 10.2. The van der Waals surface area contributed by atoms with Crippen molar-refractivity contribution >= 4 is 22.2 Å². The molecule has 0 spiro atoms. The molecule has 2 heterocycles. The minimum Gasteiger partial charge on any atom is -0.443 e. The van der Waals surface area contributed by atoms with Gasteiger partial charge in [0.05, 0.1) is 0 Å². The fourth-order valence-electron chi connectivity index (χ4n) is 1.77. The fraction of sp³-hybridized carbons (Fsp3) is 0.0667. The van der Waals surface area contributed by atoms with E-state index in [4.69, 9.17) is 8.83 Å². The highest BCUT2D eigenvalue weighted by Crippen LogP contribution is 2.12. The molecular weight excluding hydrogens is 240 g/mol. The maximum absolute atomic E-state index is 5.06. The molecule has 0 aliphatic heterocycles. The molecule has 0 fully saturated rings. The summed E-state index contributed by atoms with van der Waals surface area (Å²) in [5.41, 5.74) is 4.75. The molecule has 4 rings (SSSR count). The molecule has 0 amide bonds. The molecule has 2 aromatic carbocycles. The summed E-state index contributed by atoms with van der Waals surface area (Å²) in [4.78, 5) is 7.96. The minimum atomic E-state index is 0.845. The van der Waals surface area contributed by atoms with Gasteiger partial charge in [-0.3, -0.25) is 0 Å². The standard InChI is InChI=1S/C8H7NO.C7H5NO/c1-6-2-3-8-7(4-6)9-5-10-8;1-2-4-7-6(3-1)8-5-9-7/h2-5H,1H3;1-5H. The summed E-state index contributed by atoms with van der Waals surface area (Å²) >= 11 is 0. The predicted octanol–water partition coefficient (Wildman–Crippen LogP) is 3.96. The Morgan fingerprint density at radius 2 is 1.47 bits per heavy atom. The first-order valence-corrected chi connectivity index (χ1v) is 5.91. The second-order valence-corrected chi connectivity index (χ2v) is 4.14. The molecular formula is C15H12N2O2. The van der Waals surface area contributed by atoms with Gasteiger partial charge in [-0.1, -0.05) is 18.2 Å². The topological polar surface area (TPSA) is 52.1 Å². The average Bonchev–Trinajstić information content (AvgIpc) is 3.07. The third kappa shape index (κ3) is 2.47. The third-order valence-electron chi connectivity index (χ3n) is 2.72. The number of nitrogens with zero attached hydrogens (tertiary/aromatic N) is 2. The molecule has 4 aromatic rings. The van der Waals surface area contributed by atoms with Crippen molar-refractivity contribution in [3.05, 3.63) is 60.8 Å². The van der Waals surface area contributed by atoms with Crippen LogP contribution in [0.1, 0.15) is 5.56 Å². The Morgan fingerprint density at radius 3 is 2.26 bits per heavy atom. The van der Waals surface area contributed by atoms with E-state index in [0.29, 0.717) is 0 Å². The van der Waals surface area contributed by atoms with Crippen molar-refractivity contribution < 1.29 is 8.83 Å². The first kappa shape index (κ1) is 11.5. The van der Waals surface area contributed by atoms with E-state index in [9.17, 15) is 0 Å². The van der Waals surface area contributed by atoms with Crippen LogP contribution in [0, 0.1) is 6.92 Å². The normalized spacial score (nSPS) is 10.4. The number of rotatable bonds is 0. The number of aromatic nitrogens is 2.